The minimum atomic E-state index is -4.31. The van der Waals surface area contributed by atoms with Crippen LogP contribution in [-0.2, 0) is 12.7 Å². The van der Waals surface area contributed by atoms with E-state index in [1.807, 2.05) is 13.0 Å². The number of benzene rings is 1. The van der Waals surface area contributed by atoms with Crippen LogP contribution < -0.4 is 4.90 Å². The molecule has 0 aliphatic carbocycles. The molecule has 0 N–H and O–H groups in total. The number of aromatic nitrogens is 4. The van der Waals surface area contributed by atoms with Crippen molar-refractivity contribution < 1.29 is 13.2 Å². The normalized spacial score (nSPS) is 16.2. The average Bonchev–Trinajstić information content (AvgIpc) is 3.02. The van der Waals surface area contributed by atoms with Gasteiger partial charge in [0.2, 0.25) is 0 Å². The topological polar surface area (TPSA) is 49.6 Å². The molecule has 1 aliphatic heterocycles. The van der Waals surface area contributed by atoms with Crippen LogP contribution in [0.5, 0.6) is 0 Å². The summed E-state index contributed by atoms with van der Waals surface area (Å²) in [5.41, 5.74) is 1.77. The molecule has 27 heavy (non-hydrogen) atoms. The van der Waals surface area contributed by atoms with Gasteiger partial charge in [0.15, 0.2) is 11.5 Å². The maximum Gasteiger partial charge on any atom is 0.416 e. The molecule has 3 aromatic rings. The zero-order valence-corrected chi connectivity index (χ0v) is 14.8. The fraction of sp³-hybridized carbons (Fsp3) is 0.389. The van der Waals surface area contributed by atoms with Crippen LogP contribution in [0.2, 0.25) is 0 Å². The van der Waals surface area contributed by atoms with E-state index >= 15 is 0 Å². The van der Waals surface area contributed by atoms with E-state index in [-0.39, 0.29) is 0 Å². The summed E-state index contributed by atoms with van der Waals surface area (Å²) in [7, 11) is 0. The van der Waals surface area contributed by atoms with Crippen molar-refractivity contribution in [3.63, 3.8) is 0 Å². The number of fused-ring (bicyclic) bond motifs is 1. The van der Waals surface area contributed by atoms with Gasteiger partial charge in [0.25, 0.3) is 0 Å². The number of alkyl halides is 3. The highest BCUT2D eigenvalue weighted by molar-refractivity contribution is 5.54. The van der Waals surface area contributed by atoms with Gasteiger partial charge < -0.3 is 4.90 Å². The molecule has 4 rings (SSSR count). The van der Waals surface area contributed by atoms with Gasteiger partial charge in [0, 0.05) is 38.8 Å². The number of anilines is 1. The van der Waals surface area contributed by atoms with E-state index in [0.717, 1.165) is 43.8 Å². The summed E-state index contributed by atoms with van der Waals surface area (Å²) < 4.78 is 40.3. The third-order valence-electron chi connectivity index (χ3n) is 4.80. The largest absolute Gasteiger partial charge is 0.416 e. The Morgan fingerprint density at radius 2 is 1.81 bits per heavy atom. The van der Waals surface area contributed by atoms with E-state index in [1.165, 1.54) is 12.1 Å². The highest BCUT2D eigenvalue weighted by Crippen LogP contribution is 2.30. The molecule has 1 aliphatic rings. The van der Waals surface area contributed by atoms with Crippen molar-refractivity contribution in [1.29, 1.82) is 0 Å². The third-order valence-corrected chi connectivity index (χ3v) is 4.80. The van der Waals surface area contributed by atoms with Crippen molar-refractivity contribution >= 4 is 11.3 Å². The Morgan fingerprint density at radius 1 is 1.04 bits per heavy atom. The molecular weight excluding hydrogens is 357 g/mol. The zero-order chi connectivity index (χ0) is 19.0. The third kappa shape index (κ3) is 3.73. The maximum absolute atomic E-state index is 12.9. The average molecular weight is 376 g/mol. The predicted molar refractivity (Wildman–Crippen MR) is 94.5 cm³/mol. The molecule has 9 heteroatoms. The van der Waals surface area contributed by atoms with Crippen LogP contribution in [-0.4, -0.2) is 50.9 Å². The Balaban J connectivity index is 1.40. The number of nitrogens with zero attached hydrogens (tertiary/aromatic N) is 6. The lowest BCUT2D eigenvalue weighted by Gasteiger charge is -2.36. The first-order valence-electron chi connectivity index (χ1n) is 8.72. The van der Waals surface area contributed by atoms with Crippen LogP contribution in [0, 0.1) is 6.92 Å². The molecule has 6 nitrogen and oxygen atoms in total. The molecule has 1 fully saturated rings. The van der Waals surface area contributed by atoms with Crippen molar-refractivity contribution in [2.45, 2.75) is 19.6 Å². The Hall–Kier alpha value is -2.68. The van der Waals surface area contributed by atoms with Crippen LogP contribution in [0.1, 0.15) is 17.0 Å². The molecule has 0 radical (unpaired) electrons. The second-order valence-corrected chi connectivity index (χ2v) is 6.69. The molecule has 0 spiro atoms. The van der Waals surface area contributed by atoms with Gasteiger partial charge in [-0.05, 0) is 18.6 Å². The number of piperazine rings is 1. The van der Waals surface area contributed by atoms with Crippen molar-refractivity contribution in [3.05, 3.63) is 53.5 Å². The highest BCUT2D eigenvalue weighted by Gasteiger charge is 2.30. The van der Waals surface area contributed by atoms with Crippen molar-refractivity contribution in [3.8, 4) is 0 Å². The first kappa shape index (κ1) is 17.7. The Morgan fingerprint density at radius 3 is 2.56 bits per heavy atom. The predicted octanol–water partition coefficient (Wildman–Crippen LogP) is 2.77. The second-order valence-electron chi connectivity index (χ2n) is 6.69. The van der Waals surface area contributed by atoms with E-state index in [9.17, 15) is 13.2 Å². The van der Waals surface area contributed by atoms with E-state index < -0.39 is 11.7 Å². The van der Waals surface area contributed by atoms with Crippen molar-refractivity contribution in [2.24, 2.45) is 0 Å². The van der Waals surface area contributed by atoms with E-state index in [2.05, 4.69) is 25.1 Å². The lowest BCUT2D eigenvalue weighted by molar-refractivity contribution is -0.137. The highest BCUT2D eigenvalue weighted by atomic mass is 19.4. The lowest BCUT2D eigenvalue weighted by Crippen LogP contribution is -2.46. The molecule has 142 valence electrons. The van der Waals surface area contributed by atoms with Crippen LogP contribution in [0.25, 0.3) is 5.65 Å². The molecule has 1 saturated heterocycles. The molecule has 2 aromatic heterocycles. The summed E-state index contributed by atoms with van der Waals surface area (Å²) in [6.07, 6.45) is -2.51. The Kier molecular flexibility index (Phi) is 4.47. The van der Waals surface area contributed by atoms with Gasteiger partial charge in [-0.15, -0.1) is 10.2 Å². The Labute approximate surface area is 154 Å². The van der Waals surface area contributed by atoms with Crippen molar-refractivity contribution in [1.82, 2.24) is 24.7 Å². The van der Waals surface area contributed by atoms with Crippen LogP contribution in [0.15, 0.2) is 36.5 Å². The summed E-state index contributed by atoms with van der Waals surface area (Å²) in [5.74, 6) is 0.738. The van der Waals surface area contributed by atoms with Gasteiger partial charge in [0.05, 0.1) is 17.4 Å². The monoisotopic (exact) mass is 376 g/mol. The van der Waals surface area contributed by atoms with Crippen LogP contribution in [0.3, 0.4) is 0 Å². The maximum atomic E-state index is 12.9. The van der Waals surface area contributed by atoms with Gasteiger partial charge in [-0.3, -0.25) is 4.90 Å². The van der Waals surface area contributed by atoms with Gasteiger partial charge in [0.1, 0.15) is 0 Å². The summed E-state index contributed by atoms with van der Waals surface area (Å²) in [5, 5.41) is 12.5. The van der Waals surface area contributed by atoms with Gasteiger partial charge in [-0.1, -0.05) is 18.2 Å². The smallest absolute Gasteiger partial charge is 0.368 e. The number of hydrogen-bond donors (Lipinski definition) is 0. The first-order chi connectivity index (χ1) is 12.9. The van der Waals surface area contributed by atoms with E-state index in [1.54, 1.807) is 16.8 Å². The molecule has 0 saturated carbocycles. The minimum Gasteiger partial charge on any atom is -0.368 e. The first-order valence-corrected chi connectivity index (χ1v) is 8.72. The molecule has 0 bridgehead atoms. The van der Waals surface area contributed by atoms with E-state index in [0.29, 0.717) is 17.8 Å². The SMILES string of the molecule is Cc1nnc2cc(N3CCN(Cc4cccc(C(F)(F)F)c4)CC3)cnn12. The number of rotatable bonds is 3. The van der Waals surface area contributed by atoms with Gasteiger partial charge in [-0.2, -0.15) is 22.8 Å². The van der Waals surface area contributed by atoms with Crippen LogP contribution >= 0.6 is 0 Å². The van der Waals surface area contributed by atoms with Gasteiger partial charge in [-0.25, -0.2) is 0 Å². The van der Waals surface area contributed by atoms with Crippen LogP contribution in [0.4, 0.5) is 18.9 Å². The van der Waals surface area contributed by atoms with Crippen molar-refractivity contribution in [2.75, 3.05) is 31.1 Å². The summed E-state index contributed by atoms with van der Waals surface area (Å²) in [6.45, 7) is 5.46. The second kappa shape index (κ2) is 6.80. The van der Waals surface area contributed by atoms with Gasteiger partial charge >= 0.3 is 6.18 Å². The zero-order valence-electron chi connectivity index (χ0n) is 14.8. The Bertz CT molecular complexity index is 944. The molecular formula is C18H19F3N6. The minimum absolute atomic E-state index is 0.512. The summed E-state index contributed by atoms with van der Waals surface area (Å²) in [6, 6.07) is 7.51. The molecule has 0 amide bonds. The number of halogens is 3. The molecule has 0 atom stereocenters. The van der Waals surface area contributed by atoms with E-state index in [4.69, 9.17) is 0 Å². The standard InChI is InChI=1S/C18H19F3N6/c1-13-23-24-17-10-16(11-22-27(13)17)26-7-5-25(6-8-26)12-14-3-2-4-15(9-14)18(19,20)21/h2-4,9-11H,5-8,12H2,1H3. The number of hydrogen-bond acceptors (Lipinski definition) is 5. The molecule has 3 heterocycles. The number of aryl methyl sites for hydroxylation is 1. The summed E-state index contributed by atoms with van der Waals surface area (Å²) >= 11 is 0. The fourth-order valence-electron chi connectivity index (χ4n) is 3.33. The molecule has 0 unspecified atom stereocenters. The lowest BCUT2D eigenvalue weighted by atomic mass is 10.1. The quantitative estimate of drug-likeness (QED) is 0.704. The summed E-state index contributed by atoms with van der Waals surface area (Å²) in [4.78, 5) is 4.37. The fourth-order valence-corrected chi connectivity index (χ4v) is 3.33. The molecule has 1 aromatic carbocycles.